The number of hydrogen-bond acceptors (Lipinski definition) is 12. The van der Waals surface area contributed by atoms with Gasteiger partial charge in [0.25, 0.3) is 48.1 Å². The summed E-state index contributed by atoms with van der Waals surface area (Å²) < 4.78 is 103. The standard InChI is InChI=1S/C29H21Br2N5O13S3/c1-13(30)27(38)32-16-5-3-4-15(10-16)29(40)34-19-7-9-21(50(41,42)43)18-12-23(52(47,48)49)25(26(37)24(18)19)36-35-20-11-17(33-28(39)14(2)31)6-8-22(20)51(44,45)46/h3-12,37H,1-2H2,(H,32,38)(H,33,39)(H,34,40)(H,41,42,43)(H,44,45,46)(H,47,48,49). The van der Waals surface area contributed by atoms with Gasteiger partial charge in [-0.15, -0.1) is 10.2 Å². The summed E-state index contributed by atoms with van der Waals surface area (Å²) in [5.74, 6) is -3.59. The first kappa shape index (κ1) is 39.9. The van der Waals surface area contributed by atoms with Gasteiger partial charge in [-0.25, -0.2) is 0 Å². The molecule has 0 aromatic heterocycles. The van der Waals surface area contributed by atoms with Crippen molar-refractivity contribution in [3.05, 3.63) is 88.3 Å². The molecule has 0 atom stereocenters. The topological polar surface area (TPSA) is 295 Å². The Bertz CT molecular complexity index is 2610. The molecule has 0 aliphatic rings. The third kappa shape index (κ3) is 9.12. The molecule has 0 spiro atoms. The number of nitrogens with zero attached hydrogens (tertiary/aromatic N) is 2. The number of anilines is 3. The van der Waals surface area contributed by atoms with Crippen LogP contribution in [0.1, 0.15) is 10.4 Å². The molecule has 0 radical (unpaired) electrons. The van der Waals surface area contributed by atoms with E-state index in [0.29, 0.717) is 6.07 Å². The van der Waals surface area contributed by atoms with E-state index in [0.717, 1.165) is 30.3 Å². The van der Waals surface area contributed by atoms with Crippen LogP contribution in [0.5, 0.6) is 5.75 Å². The van der Waals surface area contributed by atoms with Gasteiger partial charge in [-0.1, -0.05) is 19.2 Å². The highest BCUT2D eigenvalue weighted by molar-refractivity contribution is 9.12. The minimum Gasteiger partial charge on any atom is -0.505 e. The summed E-state index contributed by atoms with van der Waals surface area (Å²) in [4.78, 5) is 34.2. The zero-order valence-electron chi connectivity index (χ0n) is 25.5. The molecule has 7 N–H and O–H groups in total. The smallest absolute Gasteiger partial charge is 0.296 e. The minimum atomic E-state index is -5.45. The number of aromatic hydroxyl groups is 1. The summed E-state index contributed by atoms with van der Waals surface area (Å²) >= 11 is 5.77. The molecule has 18 nitrogen and oxygen atoms in total. The Labute approximate surface area is 310 Å². The summed E-state index contributed by atoms with van der Waals surface area (Å²) in [6.07, 6.45) is 0. The highest BCUT2D eigenvalue weighted by Gasteiger charge is 2.28. The molecule has 3 amide bonds. The average Bonchev–Trinajstić information content (AvgIpc) is 3.02. The highest BCUT2D eigenvalue weighted by atomic mass is 79.9. The number of azo groups is 1. The first-order chi connectivity index (χ1) is 24.0. The van der Waals surface area contributed by atoms with Crippen molar-refractivity contribution in [2.75, 3.05) is 16.0 Å². The van der Waals surface area contributed by atoms with Crippen molar-refractivity contribution in [1.29, 1.82) is 0 Å². The number of halogens is 2. The van der Waals surface area contributed by atoms with Gasteiger partial charge in [0.15, 0.2) is 5.75 Å². The predicted octanol–water partition coefficient (Wildman–Crippen LogP) is 5.65. The highest BCUT2D eigenvalue weighted by Crippen LogP contribution is 2.46. The molecule has 4 aromatic rings. The van der Waals surface area contributed by atoms with Gasteiger partial charge in [0.2, 0.25) is 0 Å². The number of carbonyl (C=O) groups is 3. The fourth-order valence-corrected chi connectivity index (χ4v) is 6.51. The predicted molar refractivity (Wildman–Crippen MR) is 193 cm³/mol. The molecular formula is C29H21Br2N5O13S3. The van der Waals surface area contributed by atoms with E-state index >= 15 is 0 Å². The van der Waals surface area contributed by atoms with Crippen LogP contribution in [0.2, 0.25) is 0 Å². The molecule has 0 aliphatic carbocycles. The number of phenols is 1. The lowest BCUT2D eigenvalue weighted by atomic mass is 10.1. The van der Waals surface area contributed by atoms with Crippen LogP contribution in [0, 0.1) is 0 Å². The molecule has 4 aromatic carbocycles. The first-order valence-electron chi connectivity index (χ1n) is 13.5. The van der Waals surface area contributed by atoms with Crippen LogP contribution in [0.15, 0.2) is 108 Å². The minimum absolute atomic E-state index is 0.0185. The summed E-state index contributed by atoms with van der Waals surface area (Å²) in [5.41, 5.74) is -2.36. The monoisotopic (exact) mass is 901 g/mol. The van der Waals surface area contributed by atoms with E-state index in [4.69, 9.17) is 0 Å². The Morgan fingerprint density at radius 2 is 1.19 bits per heavy atom. The SMILES string of the molecule is C=C(Br)C(=O)Nc1cccc(C(=O)Nc2ccc(S(=O)(=O)O)c3cc(S(=O)(=O)O)c(N=Nc4cc(NC(=O)C(=C)Br)ccc4S(=O)(=O)O)c(O)c23)c1. The van der Waals surface area contributed by atoms with Gasteiger partial charge < -0.3 is 21.1 Å². The second-order valence-corrected chi connectivity index (χ2v) is 16.3. The van der Waals surface area contributed by atoms with Gasteiger partial charge >= 0.3 is 0 Å². The molecule has 52 heavy (non-hydrogen) atoms. The van der Waals surface area contributed by atoms with Gasteiger partial charge in [0.05, 0.1) is 20.0 Å². The van der Waals surface area contributed by atoms with E-state index in [2.05, 4.69) is 71.2 Å². The van der Waals surface area contributed by atoms with Crippen molar-refractivity contribution >= 4 is 119 Å². The lowest BCUT2D eigenvalue weighted by Crippen LogP contribution is -2.15. The van der Waals surface area contributed by atoms with Crippen LogP contribution in [-0.2, 0) is 39.9 Å². The van der Waals surface area contributed by atoms with Crippen LogP contribution < -0.4 is 16.0 Å². The Balaban J connectivity index is 1.97. The second kappa shape index (κ2) is 15.0. The van der Waals surface area contributed by atoms with Crippen LogP contribution in [0.3, 0.4) is 0 Å². The summed E-state index contributed by atoms with van der Waals surface area (Å²) in [6.45, 7) is 6.81. The molecule has 272 valence electrons. The van der Waals surface area contributed by atoms with E-state index in [1.807, 2.05) is 0 Å². The molecule has 0 fully saturated rings. The Morgan fingerprint density at radius 3 is 1.73 bits per heavy atom. The van der Waals surface area contributed by atoms with Gasteiger partial charge in [0.1, 0.15) is 26.1 Å². The Hall–Kier alpha value is -4.88. The quantitative estimate of drug-likeness (QED) is 0.0545. The van der Waals surface area contributed by atoms with Gasteiger partial charge in [0, 0.05) is 22.3 Å². The molecule has 0 saturated carbocycles. The molecular weight excluding hydrogens is 882 g/mol. The number of phenolic OH excluding ortho intramolecular Hbond substituents is 1. The molecule has 0 heterocycles. The normalized spacial score (nSPS) is 12.0. The number of amides is 3. The van der Waals surface area contributed by atoms with E-state index in [-0.39, 0.29) is 25.9 Å². The van der Waals surface area contributed by atoms with Gasteiger partial charge in [-0.05, 0) is 86.5 Å². The number of benzene rings is 4. The van der Waals surface area contributed by atoms with Crippen molar-refractivity contribution in [3.8, 4) is 5.75 Å². The molecule has 0 unspecified atom stereocenters. The van der Waals surface area contributed by atoms with Crippen molar-refractivity contribution in [2.45, 2.75) is 14.7 Å². The zero-order chi connectivity index (χ0) is 38.9. The fraction of sp³-hybridized carbons (Fsp3) is 0. The van der Waals surface area contributed by atoms with Crippen molar-refractivity contribution < 1.29 is 58.4 Å². The van der Waals surface area contributed by atoms with E-state index in [9.17, 15) is 58.4 Å². The van der Waals surface area contributed by atoms with Crippen LogP contribution in [0.4, 0.5) is 28.4 Å². The van der Waals surface area contributed by atoms with Crippen molar-refractivity contribution in [2.24, 2.45) is 10.2 Å². The van der Waals surface area contributed by atoms with Crippen LogP contribution >= 0.6 is 31.9 Å². The van der Waals surface area contributed by atoms with Crippen molar-refractivity contribution in [3.63, 3.8) is 0 Å². The molecule has 0 bridgehead atoms. The van der Waals surface area contributed by atoms with E-state index in [1.165, 1.54) is 24.3 Å². The summed E-state index contributed by atoms with van der Waals surface area (Å²) in [5, 5.41) is 24.4. The summed E-state index contributed by atoms with van der Waals surface area (Å²) in [7, 11) is -15.7. The maximum Gasteiger partial charge on any atom is 0.296 e. The third-order valence-corrected chi connectivity index (χ3v) is 10.0. The largest absolute Gasteiger partial charge is 0.505 e. The lowest BCUT2D eigenvalue weighted by molar-refractivity contribution is -0.112. The van der Waals surface area contributed by atoms with Gasteiger partial charge in [-0.3, -0.25) is 28.0 Å². The summed E-state index contributed by atoms with van der Waals surface area (Å²) in [6, 6.07) is 10.2. The average molecular weight is 904 g/mol. The first-order valence-corrected chi connectivity index (χ1v) is 19.4. The van der Waals surface area contributed by atoms with Crippen LogP contribution in [0.25, 0.3) is 10.8 Å². The number of rotatable bonds is 11. The Kier molecular flexibility index (Phi) is 11.5. The molecule has 4 rings (SSSR count). The Morgan fingerprint density at radius 1 is 0.654 bits per heavy atom. The lowest BCUT2D eigenvalue weighted by Gasteiger charge is -2.16. The maximum atomic E-state index is 13.3. The number of carbonyl (C=O) groups excluding carboxylic acids is 3. The molecule has 23 heteroatoms. The van der Waals surface area contributed by atoms with Gasteiger partial charge in [-0.2, -0.15) is 25.3 Å². The van der Waals surface area contributed by atoms with Crippen LogP contribution in [-0.4, -0.2) is 61.7 Å². The second-order valence-electron chi connectivity index (χ2n) is 10.2. The number of hydrogen-bond donors (Lipinski definition) is 7. The molecule has 0 aliphatic heterocycles. The zero-order valence-corrected chi connectivity index (χ0v) is 31.1. The van der Waals surface area contributed by atoms with E-state index in [1.54, 1.807) is 0 Å². The van der Waals surface area contributed by atoms with Crippen molar-refractivity contribution in [1.82, 2.24) is 0 Å². The van der Waals surface area contributed by atoms with E-state index < -0.39 is 96.3 Å². The third-order valence-electron chi connectivity index (χ3n) is 6.61. The number of nitrogens with one attached hydrogen (secondary N) is 3. The maximum absolute atomic E-state index is 13.3. The number of fused-ring (bicyclic) bond motifs is 1. The fourth-order valence-electron chi connectivity index (χ4n) is 4.38. The molecule has 0 saturated heterocycles.